The molecule has 2 atom stereocenters. The Balaban J connectivity index is 2.54. The summed E-state index contributed by atoms with van der Waals surface area (Å²) < 4.78 is 32.3. The molecule has 12 heteroatoms. The van der Waals surface area contributed by atoms with Crippen LogP contribution in [0.4, 0.5) is 5.69 Å². The zero-order valence-corrected chi connectivity index (χ0v) is 17.4. The van der Waals surface area contributed by atoms with Crippen LogP contribution in [0.3, 0.4) is 0 Å². The molecule has 1 heterocycles. The minimum atomic E-state index is -4.80. The third kappa shape index (κ3) is 4.27. The number of carbonyl (C=O) groups excluding carboxylic acids is 3. The first-order valence-electron chi connectivity index (χ1n) is 6.62. The third-order valence-electron chi connectivity index (χ3n) is 3.34. The van der Waals surface area contributed by atoms with Gasteiger partial charge in [0.15, 0.2) is 0 Å². The van der Waals surface area contributed by atoms with Gasteiger partial charge in [-0.1, -0.05) is 0 Å². The van der Waals surface area contributed by atoms with Crippen molar-refractivity contribution in [1.29, 1.82) is 0 Å². The molecule has 2 N–H and O–H groups in total. The molecule has 134 valence electrons. The van der Waals surface area contributed by atoms with Crippen molar-refractivity contribution in [2.75, 3.05) is 9.33 Å². The average molecular weight is 543 g/mol. The second-order valence-electron chi connectivity index (χ2n) is 4.99. The fourth-order valence-corrected chi connectivity index (χ4v) is 5.57. The van der Waals surface area contributed by atoms with E-state index >= 15 is 0 Å². The van der Waals surface area contributed by atoms with Crippen molar-refractivity contribution in [3.05, 3.63) is 23.8 Å². The Morgan fingerprint density at radius 3 is 2.44 bits per heavy atom. The Morgan fingerprint density at radius 2 is 1.96 bits per heavy atom. The summed E-state index contributed by atoms with van der Waals surface area (Å²) in [6.07, 6.45) is -0.774. The Morgan fingerprint density at radius 1 is 1.32 bits per heavy atom. The summed E-state index contributed by atoms with van der Waals surface area (Å²) in [5, 5.41) is 7.31. The van der Waals surface area contributed by atoms with Gasteiger partial charge in [0.1, 0.15) is 0 Å². The molecule has 2 unspecified atom stereocenters. The Bertz CT molecular complexity index is 884. The first kappa shape index (κ1) is 20.0. The number of carboxylic acids is 1. The fourth-order valence-electron chi connectivity index (χ4n) is 2.26. The van der Waals surface area contributed by atoms with Gasteiger partial charge in [0.2, 0.25) is 0 Å². The summed E-state index contributed by atoms with van der Waals surface area (Å²) in [7, 11) is -4.80. The number of carbonyl (C=O) groups is 4. The number of aromatic carboxylic acids is 1. The van der Waals surface area contributed by atoms with E-state index in [-0.39, 0.29) is 20.2 Å². The zero-order chi connectivity index (χ0) is 18.9. The molecular weight excluding hydrogens is 532 g/mol. The molecule has 0 spiro atoms. The van der Waals surface area contributed by atoms with Crippen LogP contribution in [0.5, 0.6) is 0 Å². The van der Waals surface area contributed by atoms with Crippen LogP contribution in [0, 0.1) is 0 Å². The van der Waals surface area contributed by atoms with Gasteiger partial charge in [0, 0.05) is 0 Å². The summed E-state index contributed by atoms with van der Waals surface area (Å²) in [6.45, 7) is 0. The SMILES string of the molecule is O=C(CI)[AsH]c1ccc(C(=O)O)c(N2C(=O)CC(S(=O)(=O)O)C2=O)c1. The van der Waals surface area contributed by atoms with Gasteiger partial charge in [-0.05, 0) is 0 Å². The Hall–Kier alpha value is -1.30. The van der Waals surface area contributed by atoms with Crippen LogP contribution in [-0.4, -0.2) is 65.9 Å². The zero-order valence-electron chi connectivity index (χ0n) is 12.3. The van der Waals surface area contributed by atoms with E-state index in [9.17, 15) is 32.7 Å². The Kier molecular flexibility index (Phi) is 6.02. The van der Waals surface area contributed by atoms with Gasteiger partial charge in [0.25, 0.3) is 0 Å². The third-order valence-corrected chi connectivity index (χ3v) is 8.84. The number of imide groups is 1. The number of alkyl halides is 1. The molecule has 1 saturated heterocycles. The van der Waals surface area contributed by atoms with Gasteiger partial charge in [-0.25, -0.2) is 0 Å². The Labute approximate surface area is 162 Å². The number of nitrogens with zero attached hydrogens (tertiary/aromatic N) is 1. The molecular formula is C13H11AsINO8S. The van der Waals surface area contributed by atoms with Crippen LogP contribution in [0.2, 0.25) is 0 Å². The second kappa shape index (κ2) is 7.52. The molecule has 0 bridgehead atoms. The van der Waals surface area contributed by atoms with E-state index in [2.05, 4.69) is 0 Å². The first-order chi connectivity index (χ1) is 11.6. The molecule has 0 aromatic heterocycles. The topological polar surface area (TPSA) is 146 Å². The molecule has 0 radical (unpaired) electrons. The van der Waals surface area contributed by atoms with E-state index in [1.54, 1.807) is 0 Å². The van der Waals surface area contributed by atoms with Crippen molar-refractivity contribution < 1.29 is 37.3 Å². The van der Waals surface area contributed by atoms with Crippen LogP contribution >= 0.6 is 22.6 Å². The van der Waals surface area contributed by atoms with Crippen molar-refractivity contribution in [2.45, 2.75) is 11.7 Å². The molecule has 9 nitrogen and oxygen atoms in total. The summed E-state index contributed by atoms with van der Waals surface area (Å²) in [6, 6.07) is 3.84. The number of amides is 2. The van der Waals surface area contributed by atoms with Gasteiger partial charge in [-0.3, -0.25) is 0 Å². The maximum atomic E-state index is 12.2. The van der Waals surface area contributed by atoms with E-state index in [0.29, 0.717) is 9.25 Å². The van der Waals surface area contributed by atoms with Crippen molar-refractivity contribution in [2.24, 2.45) is 0 Å². The van der Waals surface area contributed by atoms with Crippen molar-refractivity contribution in [3.8, 4) is 0 Å². The quantitative estimate of drug-likeness (QED) is 0.152. The number of hydrogen-bond acceptors (Lipinski definition) is 6. The normalized spacial score (nSPS) is 18.3. The minimum absolute atomic E-state index is 0.0236. The number of anilines is 1. The summed E-state index contributed by atoms with van der Waals surface area (Å²) in [4.78, 5) is 47.8. The predicted octanol–water partition coefficient (Wildman–Crippen LogP) is -1.07. The van der Waals surface area contributed by atoms with Gasteiger partial charge in [0.05, 0.1) is 0 Å². The van der Waals surface area contributed by atoms with E-state index in [1.165, 1.54) is 12.1 Å². The van der Waals surface area contributed by atoms with Gasteiger partial charge in [-0.15, -0.1) is 0 Å². The number of benzene rings is 1. The first-order valence-corrected chi connectivity index (χ1v) is 11.7. The van der Waals surface area contributed by atoms with Gasteiger partial charge < -0.3 is 0 Å². The van der Waals surface area contributed by atoms with Gasteiger partial charge >= 0.3 is 163 Å². The van der Waals surface area contributed by atoms with Crippen LogP contribution in [0.25, 0.3) is 0 Å². The maximum absolute atomic E-state index is 12.2. The monoisotopic (exact) mass is 543 g/mol. The summed E-state index contributed by atoms with van der Waals surface area (Å²) in [5.74, 6) is -3.57. The van der Waals surface area contributed by atoms with Crippen LogP contribution in [-0.2, 0) is 24.5 Å². The van der Waals surface area contributed by atoms with Gasteiger partial charge in [-0.2, -0.15) is 0 Å². The average Bonchev–Trinajstić information content (AvgIpc) is 2.81. The number of rotatable bonds is 6. The van der Waals surface area contributed by atoms with Crippen LogP contribution < -0.4 is 9.25 Å². The van der Waals surface area contributed by atoms with Crippen molar-refractivity contribution in [3.63, 3.8) is 0 Å². The molecule has 2 amide bonds. The standard InChI is InChI=1S/C13H11AsINO8S/c15-5-10(17)14-6-1-2-7(13(20)21)8(3-6)16-11(18)4-9(12(16)19)25(22,23)24/h1-3,9,14H,4-5H2,(H,20,21)(H,22,23,24). The van der Waals surface area contributed by atoms with Crippen molar-refractivity contribution >= 4 is 80.9 Å². The molecule has 1 aliphatic heterocycles. The van der Waals surface area contributed by atoms with E-state index in [0.717, 1.165) is 6.07 Å². The van der Waals surface area contributed by atoms with Crippen LogP contribution in [0.1, 0.15) is 16.8 Å². The van der Waals surface area contributed by atoms with Crippen molar-refractivity contribution in [1.82, 2.24) is 0 Å². The van der Waals surface area contributed by atoms with E-state index in [1.807, 2.05) is 22.6 Å². The molecule has 0 saturated carbocycles. The van der Waals surface area contributed by atoms with E-state index < -0.39 is 55.3 Å². The number of hydrogen-bond donors (Lipinski definition) is 2. The number of carboxylic acid groups (broad SMARTS) is 1. The molecule has 25 heavy (non-hydrogen) atoms. The second-order valence-corrected chi connectivity index (χ2v) is 10.3. The van der Waals surface area contributed by atoms with Crippen LogP contribution in [0.15, 0.2) is 18.2 Å². The fraction of sp³-hybridized carbons (Fsp3) is 0.231. The molecule has 2 rings (SSSR count). The molecule has 1 aliphatic rings. The molecule has 1 aromatic carbocycles. The summed E-state index contributed by atoms with van der Waals surface area (Å²) >= 11 is 0.628. The number of halogens is 1. The molecule has 1 fully saturated rings. The van der Waals surface area contributed by atoms with E-state index in [4.69, 9.17) is 4.55 Å². The molecule has 1 aromatic rings. The summed E-state index contributed by atoms with van der Waals surface area (Å²) in [5.41, 5.74) is -0.675. The predicted molar refractivity (Wildman–Crippen MR) is 96.5 cm³/mol. The molecule has 0 aliphatic carbocycles.